The lowest BCUT2D eigenvalue weighted by Gasteiger charge is -2.32. The molecule has 0 amide bonds. The zero-order valence-corrected chi connectivity index (χ0v) is 13.8. The van der Waals surface area contributed by atoms with Gasteiger partial charge in [0.05, 0.1) is 23.8 Å². The summed E-state index contributed by atoms with van der Waals surface area (Å²) in [5.74, 6) is 0. The van der Waals surface area contributed by atoms with Gasteiger partial charge in [-0.2, -0.15) is 4.57 Å². The Hall–Kier alpha value is -1.14. The Labute approximate surface area is 137 Å². The molecule has 21 heavy (non-hydrogen) atoms. The van der Waals surface area contributed by atoms with Gasteiger partial charge < -0.3 is 23.5 Å². The van der Waals surface area contributed by atoms with E-state index in [9.17, 15) is 0 Å². The minimum absolute atomic E-state index is 0. The predicted octanol–water partition coefficient (Wildman–Crippen LogP) is -1.61. The van der Waals surface area contributed by atoms with Gasteiger partial charge in [-0.15, -0.1) is 0 Å². The Morgan fingerprint density at radius 3 is 2.76 bits per heavy atom. The summed E-state index contributed by atoms with van der Waals surface area (Å²) >= 11 is 3.64. The molecule has 2 heterocycles. The fraction of sp³-hybridized carbons (Fsp3) is 0.429. The first-order valence-corrected chi connectivity index (χ1v) is 6.89. The van der Waals surface area contributed by atoms with Crippen LogP contribution in [0.5, 0.6) is 0 Å². The fourth-order valence-electron chi connectivity index (χ4n) is 2.22. The van der Waals surface area contributed by atoms with E-state index >= 15 is 0 Å². The van der Waals surface area contributed by atoms with Crippen LogP contribution in [-0.2, 0) is 6.54 Å². The molecule has 1 aliphatic heterocycles. The van der Waals surface area contributed by atoms with Crippen LogP contribution in [0.4, 0.5) is 0 Å². The number of pyridine rings is 1. The lowest BCUT2D eigenvalue weighted by molar-refractivity contribution is -0.695. The molecule has 1 aromatic rings. The smallest absolute Gasteiger partial charge is 0.178 e. The Bertz CT molecular complexity index is 494. The Kier molecular flexibility index (Phi) is 9.21. The quantitative estimate of drug-likeness (QED) is 0.581. The molecule has 1 aliphatic rings. The minimum atomic E-state index is -0.466. The van der Waals surface area contributed by atoms with Gasteiger partial charge in [-0.3, -0.25) is 4.66 Å². The van der Waals surface area contributed by atoms with Crippen molar-refractivity contribution in [1.29, 1.82) is 0 Å². The maximum atomic E-state index is 6.47. The molecule has 1 unspecified atom stereocenters. The lowest BCUT2D eigenvalue weighted by atomic mass is 9.95. The molecule has 0 bridgehead atoms. The highest BCUT2D eigenvalue weighted by atomic mass is 35.5. The summed E-state index contributed by atoms with van der Waals surface area (Å²) in [7, 11) is 0. The topological polar surface area (TPSA) is 74.5 Å². The van der Waals surface area contributed by atoms with E-state index in [1.807, 2.05) is 18.3 Å². The molecule has 0 saturated heterocycles. The molecular weight excluding hydrogens is 311 g/mol. The molecule has 118 valence electrons. The molecule has 1 atom stereocenters. The zero-order valence-electron chi connectivity index (χ0n) is 12.3. The van der Waals surface area contributed by atoms with Gasteiger partial charge in [0, 0.05) is 25.3 Å². The average Bonchev–Trinajstić information content (AvgIpc) is 2.46. The van der Waals surface area contributed by atoms with E-state index in [-0.39, 0.29) is 12.4 Å². The van der Waals surface area contributed by atoms with Crippen molar-refractivity contribution in [2.75, 3.05) is 0 Å². The largest absolute Gasteiger partial charge is 1.00 e. The molecule has 0 fully saturated rings. The maximum absolute atomic E-state index is 6.47. The first kappa shape index (κ1) is 19.9. The Morgan fingerprint density at radius 2 is 2.14 bits per heavy atom. The Morgan fingerprint density at radius 1 is 1.43 bits per heavy atom. The highest BCUT2D eigenvalue weighted by molar-refractivity contribution is 6.04. The van der Waals surface area contributed by atoms with E-state index in [2.05, 4.69) is 52.9 Å². The lowest BCUT2D eigenvalue weighted by Crippen LogP contribution is -3.00. The third-order valence-corrected chi connectivity index (χ3v) is 3.35. The summed E-state index contributed by atoms with van der Waals surface area (Å²) in [5.41, 5.74) is 8.29. The van der Waals surface area contributed by atoms with Crippen LogP contribution < -0.4 is 28.0 Å². The van der Waals surface area contributed by atoms with Gasteiger partial charge in [-0.05, 0) is 6.42 Å². The van der Waals surface area contributed by atoms with Crippen LogP contribution in [0.15, 0.2) is 41.2 Å². The van der Waals surface area contributed by atoms with Gasteiger partial charge in [0.1, 0.15) is 5.66 Å². The number of nitrogens with two attached hydrogens (primary N) is 1. The van der Waals surface area contributed by atoms with Crippen molar-refractivity contribution in [3.8, 4) is 0 Å². The molecule has 5 nitrogen and oxygen atoms in total. The summed E-state index contributed by atoms with van der Waals surface area (Å²) < 4.78 is 8.66. The van der Waals surface area contributed by atoms with Gasteiger partial charge in [0.2, 0.25) is 0 Å². The van der Waals surface area contributed by atoms with Crippen LogP contribution >= 0.6 is 11.9 Å². The van der Waals surface area contributed by atoms with Gasteiger partial charge in [-0.25, -0.2) is 4.99 Å². The third-order valence-electron chi connectivity index (χ3n) is 3.35. The number of hydrogen-bond donors (Lipinski definition) is 3. The van der Waals surface area contributed by atoms with Crippen molar-refractivity contribution in [2.24, 2.45) is 10.7 Å². The minimum Gasteiger partial charge on any atom is -1.00 e. The van der Waals surface area contributed by atoms with Crippen LogP contribution in [-0.4, -0.2) is 16.7 Å². The van der Waals surface area contributed by atoms with Crippen molar-refractivity contribution >= 4 is 18.2 Å². The van der Waals surface area contributed by atoms with E-state index in [0.717, 1.165) is 25.0 Å². The molecule has 0 aromatic carbocycles. The highest BCUT2D eigenvalue weighted by Crippen LogP contribution is 2.19. The summed E-state index contributed by atoms with van der Waals surface area (Å²) in [6.45, 7) is 5.01. The van der Waals surface area contributed by atoms with Gasteiger partial charge in [0.25, 0.3) is 0 Å². The highest BCUT2D eigenvalue weighted by Gasteiger charge is 2.32. The normalized spacial score (nSPS) is 19.6. The summed E-state index contributed by atoms with van der Waals surface area (Å²) in [4.78, 5) is 4.17. The number of aromatic nitrogens is 1. The van der Waals surface area contributed by atoms with E-state index in [1.54, 1.807) is 6.34 Å². The first-order chi connectivity index (χ1) is 9.65. The van der Waals surface area contributed by atoms with Gasteiger partial charge in [0.15, 0.2) is 18.4 Å². The number of aliphatic imine (C=N–C) groups is 1. The molecule has 7 heteroatoms. The SMILES string of the molecule is CCCC1(N)NC=NC=C1C[n+]1ccccc1C.OCl.[Cl-]. The van der Waals surface area contributed by atoms with Crippen molar-refractivity contribution in [2.45, 2.75) is 38.9 Å². The molecular formula is C14H22Cl2N4O. The van der Waals surface area contributed by atoms with Crippen molar-refractivity contribution in [3.05, 3.63) is 41.9 Å². The molecule has 0 aliphatic carbocycles. The second-order valence-corrected chi connectivity index (χ2v) is 4.77. The molecule has 0 radical (unpaired) electrons. The second kappa shape index (κ2) is 9.73. The van der Waals surface area contributed by atoms with Crippen LogP contribution in [0.1, 0.15) is 25.5 Å². The number of nitrogens with zero attached hydrogens (tertiary/aromatic N) is 2. The van der Waals surface area contributed by atoms with E-state index in [0.29, 0.717) is 0 Å². The van der Waals surface area contributed by atoms with E-state index in [4.69, 9.17) is 10.4 Å². The summed E-state index contributed by atoms with van der Waals surface area (Å²) in [6, 6.07) is 6.17. The number of hydrogen-bond acceptors (Lipinski definition) is 4. The number of nitrogens with one attached hydrogen (secondary N) is 1. The monoisotopic (exact) mass is 332 g/mol. The molecule has 0 spiro atoms. The van der Waals surface area contributed by atoms with Crippen molar-refractivity contribution < 1.29 is 21.6 Å². The maximum Gasteiger partial charge on any atom is 0.178 e. The standard InChI is InChI=1S/C14H21N4.ClHO.ClH/c1-3-7-14(15)13(9-16-11-17-14)10-18-8-5-4-6-12(18)2;1-2;/h4-6,8-9,11H,3,7,10,15H2,1-2H3,(H,16,17);2H;1H/q+1;;/p-1. The third kappa shape index (κ3) is 5.28. The van der Waals surface area contributed by atoms with Gasteiger partial charge in [-0.1, -0.05) is 19.4 Å². The summed E-state index contributed by atoms with van der Waals surface area (Å²) in [5, 5.41) is 3.19. The number of halogens is 2. The van der Waals surface area contributed by atoms with Gasteiger partial charge >= 0.3 is 0 Å². The predicted molar refractivity (Wildman–Crippen MR) is 81.0 cm³/mol. The number of aryl methyl sites for hydroxylation is 1. The molecule has 1 aromatic heterocycles. The van der Waals surface area contributed by atoms with Crippen LogP contribution in [0.2, 0.25) is 0 Å². The molecule has 2 rings (SSSR count). The average molecular weight is 333 g/mol. The Balaban J connectivity index is 0.00000128. The molecule has 0 saturated carbocycles. The van der Waals surface area contributed by atoms with E-state index in [1.165, 1.54) is 5.69 Å². The van der Waals surface area contributed by atoms with Crippen molar-refractivity contribution in [1.82, 2.24) is 5.32 Å². The zero-order chi connectivity index (χ0) is 15.0. The van der Waals surface area contributed by atoms with Crippen LogP contribution in [0.3, 0.4) is 0 Å². The van der Waals surface area contributed by atoms with E-state index < -0.39 is 5.66 Å². The first-order valence-electron chi connectivity index (χ1n) is 6.55. The second-order valence-electron chi connectivity index (χ2n) is 4.77. The molecule has 4 N–H and O–H groups in total. The van der Waals surface area contributed by atoms with Crippen LogP contribution in [0.25, 0.3) is 0 Å². The number of rotatable bonds is 4. The summed E-state index contributed by atoms with van der Waals surface area (Å²) in [6.07, 6.45) is 7.57. The van der Waals surface area contributed by atoms with Crippen LogP contribution in [0, 0.1) is 6.92 Å². The fourth-order valence-corrected chi connectivity index (χ4v) is 2.22. The van der Waals surface area contributed by atoms with Crippen molar-refractivity contribution in [3.63, 3.8) is 0 Å².